The molecule has 0 saturated carbocycles. The number of fused-ring (bicyclic) bond motifs is 1. The molecule has 1 amide bonds. The van der Waals surface area contributed by atoms with Crippen molar-refractivity contribution in [2.75, 3.05) is 5.32 Å². The van der Waals surface area contributed by atoms with Crippen LogP contribution < -0.4 is 5.32 Å². The number of carbonyl (C=O) groups is 1. The third kappa shape index (κ3) is 4.29. The Morgan fingerprint density at radius 1 is 1.14 bits per heavy atom. The van der Waals surface area contributed by atoms with Crippen LogP contribution in [0.15, 0.2) is 61.2 Å². The summed E-state index contributed by atoms with van der Waals surface area (Å²) in [5, 5.41) is 9.23. The smallest absolute Gasteiger partial charge is 0.326 e. The van der Waals surface area contributed by atoms with Crippen molar-refractivity contribution in [2.45, 2.75) is 19.0 Å². The lowest BCUT2D eigenvalue weighted by molar-refractivity contribution is -0.142. The van der Waals surface area contributed by atoms with Crippen LogP contribution in [-0.2, 0) is 4.79 Å². The number of rotatable bonds is 5. The Hall–Kier alpha value is -3.62. The van der Waals surface area contributed by atoms with Gasteiger partial charge in [0.05, 0.1) is 23.7 Å². The molecule has 4 aromatic rings. The molecule has 2 N–H and O–H groups in total. The Morgan fingerprint density at radius 2 is 2.00 bits per heavy atom. The Kier molecular flexibility index (Phi) is 4.79. The second-order valence-corrected chi connectivity index (χ2v) is 6.52. The third-order valence-corrected chi connectivity index (χ3v) is 4.42. The van der Waals surface area contributed by atoms with Crippen LogP contribution in [0, 0.1) is 0 Å². The highest BCUT2D eigenvalue weighted by Gasteiger charge is 2.27. The minimum absolute atomic E-state index is 0.423. The van der Waals surface area contributed by atoms with Gasteiger partial charge in [0.1, 0.15) is 6.33 Å². The molecule has 2 aromatic heterocycles. The highest BCUT2D eigenvalue weighted by molar-refractivity contribution is 5.91. The van der Waals surface area contributed by atoms with Gasteiger partial charge in [-0.3, -0.25) is 14.5 Å². The largest absolute Gasteiger partial charge is 0.389 e. The fourth-order valence-corrected chi connectivity index (χ4v) is 3.02. The van der Waals surface area contributed by atoms with E-state index in [0.717, 1.165) is 27.8 Å². The number of hydrogen-bond donors (Lipinski definition) is 2. The summed E-state index contributed by atoms with van der Waals surface area (Å²) in [6.07, 6.45) is -0.937. The molecule has 0 aliphatic heterocycles. The normalized spacial score (nSPS) is 11.7. The topological polar surface area (TPSA) is 75.6 Å². The molecule has 4 rings (SSSR count). The van der Waals surface area contributed by atoms with E-state index in [2.05, 4.69) is 20.5 Å². The van der Waals surface area contributed by atoms with Crippen molar-refractivity contribution in [1.29, 1.82) is 0 Å². The van der Waals surface area contributed by atoms with Crippen molar-refractivity contribution in [3.05, 3.63) is 61.2 Å². The van der Waals surface area contributed by atoms with E-state index >= 15 is 0 Å². The average molecular weight is 399 g/mol. The number of carbonyl (C=O) groups excluding carboxylic acids is 1. The average Bonchev–Trinajstić information content (AvgIpc) is 3.35. The van der Waals surface area contributed by atoms with Gasteiger partial charge < -0.3 is 5.32 Å². The van der Waals surface area contributed by atoms with Crippen LogP contribution in [0.2, 0.25) is 0 Å². The van der Waals surface area contributed by atoms with Gasteiger partial charge in [-0.25, -0.2) is 4.98 Å². The van der Waals surface area contributed by atoms with Crippen molar-refractivity contribution in [3.8, 4) is 16.8 Å². The number of benzene rings is 2. The first-order valence-corrected chi connectivity index (χ1v) is 8.82. The van der Waals surface area contributed by atoms with Gasteiger partial charge in [-0.05, 0) is 35.9 Å². The lowest BCUT2D eigenvalue weighted by Gasteiger charge is -2.10. The number of hydrogen-bond acceptors (Lipinski definition) is 3. The maximum absolute atomic E-state index is 12.3. The second-order valence-electron chi connectivity index (χ2n) is 6.52. The quantitative estimate of drug-likeness (QED) is 0.511. The molecule has 29 heavy (non-hydrogen) atoms. The predicted molar refractivity (Wildman–Crippen MR) is 103 cm³/mol. The fourth-order valence-electron chi connectivity index (χ4n) is 3.02. The SMILES string of the molecule is O=C(CCC(F)(F)F)Nc1cccc(-n2cnc3cc(-c4cn[nH]c4)ccc32)c1. The molecule has 0 aliphatic rings. The maximum atomic E-state index is 12.3. The summed E-state index contributed by atoms with van der Waals surface area (Å²) in [6.45, 7) is 0. The summed E-state index contributed by atoms with van der Waals surface area (Å²) in [7, 11) is 0. The van der Waals surface area contributed by atoms with Gasteiger partial charge in [0, 0.05) is 29.6 Å². The molecule has 148 valence electrons. The standard InChI is InChI=1S/C20H16F3N5O/c21-20(22,23)7-6-19(29)27-15-2-1-3-16(9-15)28-12-24-17-8-13(4-5-18(17)28)14-10-25-26-11-14/h1-5,8-12H,6-7H2,(H,25,26)(H,27,29). The summed E-state index contributed by atoms with van der Waals surface area (Å²) in [6, 6.07) is 12.7. The van der Waals surface area contributed by atoms with Gasteiger partial charge in [0.25, 0.3) is 0 Å². The number of aromatic nitrogens is 4. The van der Waals surface area contributed by atoms with Gasteiger partial charge in [0.2, 0.25) is 5.91 Å². The van der Waals surface area contributed by atoms with Crippen LogP contribution in [0.1, 0.15) is 12.8 Å². The van der Waals surface area contributed by atoms with Gasteiger partial charge in [-0.1, -0.05) is 12.1 Å². The van der Waals surface area contributed by atoms with E-state index in [1.165, 1.54) is 0 Å². The molecule has 0 fully saturated rings. The van der Waals surface area contributed by atoms with Crippen molar-refractivity contribution in [2.24, 2.45) is 0 Å². The molecule has 2 heterocycles. The van der Waals surface area contributed by atoms with Crippen molar-refractivity contribution < 1.29 is 18.0 Å². The zero-order valence-corrected chi connectivity index (χ0v) is 15.1. The second kappa shape index (κ2) is 7.42. The van der Waals surface area contributed by atoms with E-state index in [4.69, 9.17) is 0 Å². The molecule has 0 radical (unpaired) electrons. The number of nitrogens with zero attached hydrogens (tertiary/aromatic N) is 3. The highest BCUT2D eigenvalue weighted by Crippen LogP contribution is 2.26. The van der Waals surface area contributed by atoms with E-state index in [9.17, 15) is 18.0 Å². The molecule has 0 unspecified atom stereocenters. The number of halogens is 3. The van der Waals surface area contributed by atoms with Crippen molar-refractivity contribution in [1.82, 2.24) is 19.7 Å². The molecule has 0 bridgehead atoms. The Labute approximate surface area is 163 Å². The highest BCUT2D eigenvalue weighted by atomic mass is 19.4. The van der Waals surface area contributed by atoms with Gasteiger partial charge in [-0.15, -0.1) is 0 Å². The summed E-state index contributed by atoms with van der Waals surface area (Å²) in [4.78, 5) is 16.2. The van der Waals surface area contributed by atoms with Crippen LogP contribution in [0.4, 0.5) is 18.9 Å². The lowest BCUT2D eigenvalue weighted by atomic mass is 10.1. The van der Waals surface area contributed by atoms with Crippen LogP contribution >= 0.6 is 0 Å². The molecule has 0 aliphatic carbocycles. The van der Waals surface area contributed by atoms with E-state index < -0.39 is 24.9 Å². The summed E-state index contributed by atoms with van der Waals surface area (Å²) in [5.74, 6) is -0.681. The van der Waals surface area contributed by atoms with Gasteiger partial charge >= 0.3 is 6.18 Å². The predicted octanol–water partition coefficient (Wildman–Crippen LogP) is 4.70. The zero-order valence-electron chi connectivity index (χ0n) is 15.1. The zero-order chi connectivity index (χ0) is 20.4. The van der Waals surface area contributed by atoms with E-state index in [1.54, 1.807) is 36.9 Å². The van der Waals surface area contributed by atoms with Crippen molar-refractivity contribution in [3.63, 3.8) is 0 Å². The third-order valence-electron chi connectivity index (χ3n) is 4.42. The molecule has 0 atom stereocenters. The Morgan fingerprint density at radius 3 is 2.76 bits per heavy atom. The molecule has 6 nitrogen and oxygen atoms in total. The maximum Gasteiger partial charge on any atom is 0.389 e. The van der Waals surface area contributed by atoms with Gasteiger partial charge in [0.15, 0.2) is 0 Å². The summed E-state index contributed by atoms with van der Waals surface area (Å²) < 4.78 is 38.7. The number of alkyl halides is 3. The molecule has 9 heteroatoms. The number of aromatic amines is 1. The fraction of sp³-hybridized carbons (Fsp3) is 0.150. The van der Waals surface area contributed by atoms with Crippen LogP contribution in [0.25, 0.3) is 27.8 Å². The lowest BCUT2D eigenvalue weighted by Crippen LogP contribution is -2.16. The number of nitrogens with one attached hydrogen (secondary N) is 2. The monoisotopic (exact) mass is 399 g/mol. The first kappa shape index (κ1) is 18.7. The van der Waals surface area contributed by atoms with E-state index in [1.807, 2.05) is 28.8 Å². The van der Waals surface area contributed by atoms with Crippen LogP contribution in [-0.4, -0.2) is 31.8 Å². The number of amides is 1. The molecular formula is C20H16F3N5O. The molecular weight excluding hydrogens is 383 g/mol. The molecule has 2 aromatic carbocycles. The summed E-state index contributed by atoms with van der Waals surface area (Å²) >= 11 is 0. The van der Waals surface area contributed by atoms with E-state index in [0.29, 0.717) is 5.69 Å². The summed E-state index contributed by atoms with van der Waals surface area (Å²) in [5.41, 5.74) is 4.72. The van der Waals surface area contributed by atoms with Crippen molar-refractivity contribution >= 4 is 22.6 Å². The number of anilines is 1. The van der Waals surface area contributed by atoms with Gasteiger partial charge in [-0.2, -0.15) is 18.3 Å². The Balaban J connectivity index is 1.56. The van der Waals surface area contributed by atoms with Crippen LogP contribution in [0.5, 0.6) is 0 Å². The number of imidazole rings is 1. The minimum atomic E-state index is -4.36. The van der Waals surface area contributed by atoms with Crippen LogP contribution in [0.3, 0.4) is 0 Å². The molecule has 0 saturated heterocycles. The number of H-pyrrole nitrogens is 1. The first-order valence-electron chi connectivity index (χ1n) is 8.82. The minimum Gasteiger partial charge on any atom is -0.326 e. The molecule has 0 spiro atoms. The Bertz CT molecular complexity index is 1150. The van der Waals surface area contributed by atoms with E-state index in [-0.39, 0.29) is 0 Å². The first-order chi connectivity index (χ1) is 13.9.